The second kappa shape index (κ2) is 6.16. The van der Waals surface area contributed by atoms with Crippen molar-refractivity contribution in [1.82, 2.24) is 9.66 Å². The lowest BCUT2D eigenvalue weighted by Gasteiger charge is -2.05. The van der Waals surface area contributed by atoms with Crippen molar-refractivity contribution in [3.63, 3.8) is 0 Å². The summed E-state index contributed by atoms with van der Waals surface area (Å²) in [5, 5.41) is 9.16. The lowest BCUT2D eigenvalue weighted by Crippen LogP contribution is -2.30. The number of rotatable bonds is 2. The van der Waals surface area contributed by atoms with Crippen LogP contribution in [0.5, 0.6) is 0 Å². The molecule has 0 unspecified atom stereocenters. The quantitative estimate of drug-likeness (QED) is 0.739. The van der Waals surface area contributed by atoms with Crippen molar-refractivity contribution in [3.05, 3.63) is 77.5 Å². The van der Waals surface area contributed by atoms with E-state index in [9.17, 15) is 0 Å². The van der Waals surface area contributed by atoms with E-state index in [4.69, 9.17) is 11.1 Å². The zero-order valence-corrected chi connectivity index (χ0v) is 12.6. The molecule has 0 atom stereocenters. The molecule has 2 N–H and O–H groups in total. The number of hydrogen-bond donors (Lipinski definition) is 1. The molecule has 0 aliphatic carbocycles. The van der Waals surface area contributed by atoms with Crippen LogP contribution in [0.25, 0.3) is 11.3 Å². The van der Waals surface area contributed by atoms with E-state index in [-0.39, 0.29) is 0 Å². The van der Waals surface area contributed by atoms with Gasteiger partial charge in [0.2, 0.25) is 5.62 Å². The number of aryl methyl sites for hydroxylation is 1. The van der Waals surface area contributed by atoms with Gasteiger partial charge in [0.1, 0.15) is 6.07 Å². The van der Waals surface area contributed by atoms with Crippen LogP contribution in [-0.2, 0) is 0 Å². The van der Waals surface area contributed by atoms with E-state index < -0.39 is 0 Å². The van der Waals surface area contributed by atoms with Gasteiger partial charge in [-0.3, -0.25) is 0 Å². The first-order chi connectivity index (χ1) is 11.2. The fourth-order valence-electron chi connectivity index (χ4n) is 2.16. The maximum absolute atomic E-state index is 9.16. The Kier molecular flexibility index (Phi) is 3.89. The highest BCUT2D eigenvalue weighted by Crippen LogP contribution is 2.17. The number of para-hydroxylation sites is 1. The molecule has 0 fully saturated rings. The van der Waals surface area contributed by atoms with E-state index in [1.54, 1.807) is 24.4 Å². The highest BCUT2D eigenvalue weighted by Gasteiger charge is 2.03. The first-order valence-electron chi connectivity index (χ1n) is 7.13. The summed E-state index contributed by atoms with van der Waals surface area (Å²) in [5.41, 5.74) is 4.32. The summed E-state index contributed by atoms with van der Waals surface area (Å²) < 4.78 is 1.34. The number of benzene rings is 2. The van der Waals surface area contributed by atoms with Crippen LogP contribution in [-0.4, -0.2) is 9.66 Å². The monoisotopic (exact) mass is 301 g/mol. The van der Waals surface area contributed by atoms with Gasteiger partial charge in [-0.15, -0.1) is 0 Å². The van der Waals surface area contributed by atoms with Gasteiger partial charge in [0.05, 0.1) is 16.9 Å². The number of hydrogen-bond acceptors (Lipinski definition) is 4. The number of nitrogens with two attached hydrogens (primary N) is 1. The Morgan fingerprint density at radius 1 is 1.09 bits per heavy atom. The minimum atomic E-state index is 0.339. The van der Waals surface area contributed by atoms with E-state index in [0.717, 1.165) is 11.3 Å². The predicted molar refractivity (Wildman–Crippen MR) is 88.9 cm³/mol. The summed E-state index contributed by atoms with van der Waals surface area (Å²) >= 11 is 0. The van der Waals surface area contributed by atoms with Gasteiger partial charge in [0, 0.05) is 11.8 Å². The minimum absolute atomic E-state index is 0.339. The molecule has 3 rings (SSSR count). The second-order valence-electron chi connectivity index (χ2n) is 5.13. The third-order valence-electron chi connectivity index (χ3n) is 3.44. The summed E-state index contributed by atoms with van der Waals surface area (Å²) in [6.07, 6.45) is 1.70. The normalized spacial score (nSPS) is 11.2. The molecule has 0 saturated heterocycles. The van der Waals surface area contributed by atoms with Crippen LogP contribution < -0.4 is 11.5 Å². The van der Waals surface area contributed by atoms with Gasteiger partial charge in [0.15, 0.2) is 0 Å². The average Bonchev–Trinajstić information content (AvgIpc) is 2.58. The zero-order chi connectivity index (χ0) is 16.2. The average molecular weight is 301 g/mol. The van der Waals surface area contributed by atoms with Gasteiger partial charge in [-0.05, 0) is 25.1 Å². The Hall–Kier alpha value is -3.39. The standard InChI is InChI=1S/C18H15N5/c1-13-6-8-14(9-7-13)17-10-11-23(20)18(22-17)21-16-5-3-2-4-15(16)12-19/h2-11H,20H2,1H3. The SMILES string of the molecule is Cc1ccc(-c2ccn(N)c(=Nc3ccccc3C#N)n2)cc1. The number of nitrogens with zero attached hydrogens (tertiary/aromatic N) is 4. The molecule has 23 heavy (non-hydrogen) atoms. The molecular weight excluding hydrogens is 286 g/mol. The fraction of sp³-hybridized carbons (Fsp3) is 0.0556. The molecule has 1 heterocycles. The largest absolute Gasteiger partial charge is 0.337 e. The maximum Gasteiger partial charge on any atom is 0.249 e. The van der Waals surface area contributed by atoms with Crippen LogP contribution in [0.3, 0.4) is 0 Å². The van der Waals surface area contributed by atoms with Crippen LogP contribution in [0.15, 0.2) is 65.8 Å². The molecule has 0 aliphatic heterocycles. The van der Waals surface area contributed by atoms with E-state index in [2.05, 4.69) is 16.0 Å². The first kappa shape index (κ1) is 14.5. The van der Waals surface area contributed by atoms with Crippen LogP contribution in [0, 0.1) is 18.3 Å². The van der Waals surface area contributed by atoms with E-state index >= 15 is 0 Å². The fourth-order valence-corrected chi connectivity index (χ4v) is 2.16. The van der Waals surface area contributed by atoms with Crippen LogP contribution >= 0.6 is 0 Å². The molecule has 5 nitrogen and oxygen atoms in total. The molecule has 3 aromatic rings. The summed E-state index contributed by atoms with van der Waals surface area (Å²) in [4.78, 5) is 8.92. The zero-order valence-electron chi connectivity index (χ0n) is 12.6. The maximum atomic E-state index is 9.16. The molecule has 2 aromatic carbocycles. The molecule has 112 valence electrons. The van der Waals surface area contributed by atoms with Gasteiger partial charge in [0.25, 0.3) is 0 Å². The smallest absolute Gasteiger partial charge is 0.249 e. The second-order valence-corrected chi connectivity index (χ2v) is 5.13. The predicted octanol–water partition coefficient (Wildman–Crippen LogP) is 2.68. The van der Waals surface area contributed by atoms with Crippen molar-refractivity contribution in [3.8, 4) is 17.3 Å². The summed E-state index contributed by atoms with van der Waals surface area (Å²) in [6, 6.07) is 19.1. The molecule has 0 bridgehead atoms. The lowest BCUT2D eigenvalue weighted by molar-refractivity contribution is 0.839. The molecular formula is C18H15N5. The Labute approximate surface area is 134 Å². The molecule has 1 aromatic heterocycles. The van der Waals surface area contributed by atoms with E-state index in [1.807, 2.05) is 43.3 Å². The van der Waals surface area contributed by atoms with Gasteiger partial charge in [-0.2, -0.15) is 5.26 Å². The Morgan fingerprint density at radius 3 is 2.57 bits per heavy atom. The van der Waals surface area contributed by atoms with Crippen molar-refractivity contribution < 1.29 is 0 Å². The van der Waals surface area contributed by atoms with Crippen molar-refractivity contribution >= 4 is 5.69 Å². The Morgan fingerprint density at radius 2 is 1.83 bits per heavy atom. The van der Waals surface area contributed by atoms with Crippen molar-refractivity contribution in [1.29, 1.82) is 5.26 Å². The van der Waals surface area contributed by atoms with Gasteiger partial charge in [-0.1, -0.05) is 42.0 Å². The first-order valence-corrected chi connectivity index (χ1v) is 7.13. The summed E-state index contributed by atoms with van der Waals surface area (Å²) in [7, 11) is 0. The Balaban J connectivity index is 2.13. The van der Waals surface area contributed by atoms with Crippen LogP contribution in [0.4, 0.5) is 5.69 Å². The molecule has 0 spiro atoms. The molecule has 0 amide bonds. The molecule has 5 heteroatoms. The highest BCUT2D eigenvalue weighted by molar-refractivity contribution is 5.58. The van der Waals surface area contributed by atoms with E-state index in [1.165, 1.54) is 10.2 Å². The van der Waals surface area contributed by atoms with Crippen molar-refractivity contribution in [2.45, 2.75) is 6.92 Å². The minimum Gasteiger partial charge on any atom is -0.337 e. The summed E-state index contributed by atoms with van der Waals surface area (Å²) in [5.74, 6) is 5.91. The van der Waals surface area contributed by atoms with Gasteiger partial charge < -0.3 is 5.84 Å². The highest BCUT2D eigenvalue weighted by atomic mass is 15.3. The number of nitrogen functional groups attached to an aromatic ring is 1. The van der Waals surface area contributed by atoms with Crippen molar-refractivity contribution in [2.24, 2.45) is 4.99 Å². The molecule has 0 saturated carbocycles. The van der Waals surface area contributed by atoms with Gasteiger partial charge >= 0.3 is 0 Å². The topological polar surface area (TPSA) is 80.0 Å². The van der Waals surface area contributed by atoms with E-state index in [0.29, 0.717) is 16.9 Å². The third kappa shape index (κ3) is 3.11. The van der Waals surface area contributed by atoms with Gasteiger partial charge in [-0.25, -0.2) is 14.7 Å². The molecule has 0 aliphatic rings. The third-order valence-corrected chi connectivity index (χ3v) is 3.44. The van der Waals surface area contributed by atoms with Crippen LogP contribution in [0.2, 0.25) is 0 Å². The Bertz CT molecular complexity index is 946. The lowest BCUT2D eigenvalue weighted by atomic mass is 10.1. The van der Waals surface area contributed by atoms with Crippen molar-refractivity contribution in [2.75, 3.05) is 5.84 Å². The molecule has 0 radical (unpaired) electrons. The number of aromatic nitrogens is 2. The summed E-state index contributed by atoms with van der Waals surface area (Å²) in [6.45, 7) is 2.04. The number of nitriles is 1. The van der Waals surface area contributed by atoms with Crippen LogP contribution in [0.1, 0.15) is 11.1 Å².